The number of methoxy groups -OCH3 is 1. The summed E-state index contributed by atoms with van der Waals surface area (Å²) in [6.07, 6.45) is 0.775. The monoisotopic (exact) mass is 379 g/mol. The fourth-order valence-corrected chi connectivity index (χ4v) is 3.54. The van der Waals surface area contributed by atoms with Crippen LogP contribution in [0.15, 0.2) is 42.5 Å². The molecular weight excluding hydrogens is 358 g/mol. The third-order valence-electron chi connectivity index (χ3n) is 5.19. The number of benzene rings is 2. The molecule has 7 nitrogen and oxygen atoms in total. The van der Waals surface area contributed by atoms with Gasteiger partial charge >= 0.3 is 17.8 Å². The first-order valence-corrected chi connectivity index (χ1v) is 9.18. The number of rotatable bonds is 4. The third kappa shape index (κ3) is 3.75. The Bertz CT molecular complexity index is 939. The smallest absolute Gasteiger partial charge is 0.314 e. The fraction of sp³-hybridized carbons (Fsp3) is 0.286. The van der Waals surface area contributed by atoms with E-state index < -0.39 is 11.8 Å². The molecule has 2 aromatic rings. The molecule has 0 spiro atoms. The number of nitrogens with one attached hydrogen (secondary N) is 3. The number of carbonyl (C=O) groups excluding carboxylic acids is 3. The van der Waals surface area contributed by atoms with Gasteiger partial charge in [0.05, 0.1) is 13.0 Å². The molecule has 1 fully saturated rings. The zero-order valence-electron chi connectivity index (χ0n) is 15.5. The van der Waals surface area contributed by atoms with E-state index in [1.807, 2.05) is 24.3 Å². The molecule has 7 heteroatoms. The van der Waals surface area contributed by atoms with Crippen LogP contribution in [0.2, 0.25) is 0 Å². The molecule has 0 saturated heterocycles. The lowest BCUT2D eigenvalue weighted by molar-refractivity contribution is -0.142. The van der Waals surface area contributed by atoms with Gasteiger partial charge in [0, 0.05) is 24.5 Å². The maximum absolute atomic E-state index is 12.2. The van der Waals surface area contributed by atoms with Gasteiger partial charge in [-0.25, -0.2) is 0 Å². The molecule has 3 N–H and O–H groups in total. The van der Waals surface area contributed by atoms with Crippen LogP contribution in [-0.4, -0.2) is 24.9 Å². The number of esters is 1. The Balaban J connectivity index is 1.33. The van der Waals surface area contributed by atoms with Gasteiger partial charge in [-0.2, -0.15) is 0 Å². The molecule has 1 aliphatic carbocycles. The van der Waals surface area contributed by atoms with Crippen molar-refractivity contribution in [2.75, 3.05) is 17.7 Å². The van der Waals surface area contributed by atoms with Gasteiger partial charge in [0.1, 0.15) is 0 Å². The molecule has 1 saturated carbocycles. The number of anilines is 2. The molecule has 2 aromatic carbocycles. The molecule has 2 amide bonds. The largest absolute Gasteiger partial charge is 0.469 e. The summed E-state index contributed by atoms with van der Waals surface area (Å²) in [6, 6.07) is 12.8. The first kappa shape index (κ1) is 18.2. The summed E-state index contributed by atoms with van der Waals surface area (Å²) in [5.74, 6) is -1.57. The lowest BCUT2D eigenvalue weighted by atomic mass is 10.1. The molecule has 0 bridgehead atoms. The standard InChI is InChI=1S/C21H21N3O4/c1-28-21(27)18-9-17(18)12-2-5-15(6-3-12)23-19(25)20(26)24-16-7-4-13-10-22-11-14(13)8-16/h2-8,17-18,22H,9-11H2,1H3,(H,23,25)(H,24,26)/t17-,18+/m0/s1. The minimum Gasteiger partial charge on any atom is -0.469 e. The van der Waals surface area contributed by atoms with Gasteiger partial charge in [-0.3, -0.25) is 14.4 Å². The predicted molar refractivity (Wildman–Crippen MR) is 104 cm³/mol. The summed E-state index contributed by atoms with van der Waals surface area (Å²) in [7, 11) is 1.39. The molecule has 28 heavy (non-hydrogen) atoms. The van der Waals surface area contributed by atoms with Crippen LogP contribution in [0.25, 0.3) is 0 Å². The van der Waals surface area contributed by atoms with E-state index in [4.69, 9.17) is 4.74 Å². The minimum atomic E-state index is -0.731. The zero-order chi connectivity index (χ0) is 19.7. The van der Waals surface area contributed by atoms with E-state index in [2.05, 4.69) is 16.0 Å². The molecule has 4 rings (SSSR count). The molecule has 1 aliphatic heterocycles. The van der Waals surface area contributed by atoms with Crippen molar-refractivity contribution in [1.82, 2.24) is 5.32 Å². The lowest BCUT2D eigenvalue weighted by Crippen LogP contribution is -2.29. The maximum Gasteiger partial charge on any atom is 0.314 e. The highest BCUT2D eigenvalue weighted by atomic mass is 16.5. The van der Waals surface area contributed by atoms with Crippen molar-refractivity contribution in [2.24, 2.45) is 5.92 Å². The van der Waals surface area contributed by atoms with Crippen LogP contribution < -0.4 is 16.0 Å². The fourth-order valence-electron chi connectivity index (χ4n) is 3.54. The van der Waals surface area contributed by atoms with Crippen LogP contribution in [0.1, 0.15) is 29.0 Å². The van der Waals surface area contributed by atoms with Gasteiger partial charge in [-0.15, -0.1) is 0 Å². The minimum absolute atomic E-state index is 0.0845. The van der Waals surface area contributed by atoms with E-state index in [1.165, 1.54) is 12.7 Å². The van der Waals surface area contributed by atoms with Gasteiger partial charge in [-0.1, -0.05) is 18.2 Å². The van der Waals surface area contributed by atoms with Crippen molar-refractivity contribution in [1.29, 1.82) is 0 Å². The average molecular weight is 379 g/mol. The van der Waals surface area contributed by atoms with Crippen molar-refractivity contribution >= 4 is 29.2 Å². The summed E-state index contributed by atoms with van der Waals surface area (Å²) in [5, 5.41) is 8.45. The quantitative estimate of drug-likeness (QED) is 0.559. The topological polar surface area (TPSA) is 96.5 Å². The summed E-state index contributed by atoms with van der Waals surface area (Å²) in [5.41, 5.74) is 4.47. The first-order chi connectivity index (χ1) is 13.5. The Kier molecular flexibility index (Phi) is 4.83. The van der Waals surface area contributed by atoms with Crippen LogP contribution in [-0.2, 0) is 32.2 Å². The highest BCUT2D eigenvalue weighted by Gasteiger charge is 2.44. The Morgan fingerprint density at radius 1 is 0.929 bits per heavy atom. The van der Waals surface area contributed by atoms with Crippen molar-refractivity contribution in [3.05, 3.63) is 59.2 Å². The highest BCUT2D eigenvalue weighted by Crippen LogP contribution is 2.48. The van der Waals surface area contributed by atoms with Crippen molar-refractivity contribution in [2.45, 2.75) is 25.4 Å². The van der Waals surface area contributed by atoms with Gasteiger partial charge in [0.25, 0.3) is 0 Å². The number of carbonyl (C=O) groups is 3. The summed E-state index contributed by atoms with van der Waals surface area (Å²) < 4.78 is 4.76. The van der Waals surface area contributed by atoms with E-state index in [-0.39, 0.29) is 17.8 Å². The van der Waals surface area contributed by atoms with Crippen LogP contribution in [0.3, 0.4) is 0 Å². The van der Waals surface area contributed by atoms with E-state index >= 15 is 0 Å². The maximum atomic E-state index is 12.2. The Morgan fingerprint density at radius 2 is 1.57 bits per heavy atom. The average Bonchev–Trinajstić information content (AvgIpc) is 3.37. The molecule has 0 unspecified atom stereocenters. The number of ether oxygens (including phenoxy) is 1. The molecule has 2 aliphatic rings. The van der Waals surface area contributed by atoms with E-state index in [0.29, 0.717) is 11.4 Å². The third-order valence-corrected chi connectivity index (χ3v) is 5.19. The second-order valence-corrected chi connectivity index (χ2v) is 7.09. The Hall–Kier alpha value is -3.19. The molecular formula is C21H21N3O4. The second kappa shape index (κ2) is 7.44. The lowest BCUT2D eigenvalue weighted by Gasteiger charge is -2.08. The van der Waals surface area contributed by atoms with Crippen LogP contribution in [0, 0.1) is 5.92 Å². The van der Waals surface area contributed by atoms with Gasteiger partial charge in [0.2, 0.25) is 0 Å². The molecule has 0 radical (unpaired) electrons. The SMILES string of the molecule is COC(=O)[C@@H]1C[C@H]1c1ccc(NC(=O)C(=O)Nc2ccc3c(c2)CNC3)cc1. The van der Waals surface area contributed by atoms with E-state index in [1.54, 1.807) is 18.2 Å². The molecule has 2 atom stereocenters. The summed E-state index contributed by atoms with van der Waals surface area (Å²) >= 11 is 0. The van der Waals surface area contributed by atoms with Gasteiger partial charge in [-0.05, 0) is 53.3 Å². The second-order valence-electron chi connectivity index (χ2n) is 7.09. The summed E-state index contributed by atoms with van der Waals surface area (Å²) in [4.78, 5) is 35.9. The summed E-state index contributed by atoms with van der Waals surface area (Å²) in [6.45, 7) is 1.58. The van der Waals surface area contributed by atoms with Crippen LogP contribution in [0.4, 0.5) is 11.4 Å². The van der Waals surface area contributed by atoms with Crippen LogP contribution >= 0.6 is 0 Å². The Morgan fingerprint density at radius 3 is 2.29 bits per heavy atom. The number of fused-ring (bicyclic) bond motifs is 1. The number of hydrogen-bond acceptors (Lipinski definition) is 5. The van der Waals surface area contributed by atoms with Gasteiger partial charge in [0.15, 0.2) is 0 Å². The number of hydrogen-bond donors (Lipinski definition) is 3. The van der Waals surface area contributed by atoms with Crippen molar-refractivity contribution in [3.63, 3.8) is 0 Å². The first-order valence-electron chi connectivity index (χ1n) is 9.18. The molecule has 144 valence electrons. The van der Waals surface area contributed by atoms with Crippen molar-refractivity contribution in [3.8, 4) is 0 Å². The van der Waals surface area contributed by atoms with Gasteiger partial charge < -0.3 is 20.7 Å². The highest BCUT2D eigenvalue weighted by molar-refractivity contribution is 6.43. The van der Waals surface area contributed by atoms with Crippen LogP contribution in [0.5, 0.6) is 0 Å². The van der Waals surface area contributed by atoms with E-state index in [0.717, 1.165) is 30.6 Å². The molecule has 1 heterocycles. The van der Waals surface area contributed by atoms with Crippen molar-refractivity contribution < 1.29 is 19.1 Å². The molecule has 0 aromatic heterocycles. The normalized spacial score (nSPS) is 19.5. The van der Waals surface area contributed by atoms with E-state index in [9.17, 15) is 14.4 Å². The Labute approximate surface area is 162 Å². The zero-order valence-corrected chi connectivity index (χ0v) is 15.5. The number of amides is 2. The predicted octanol–water partition coefficient (Wildman–Crippen LogP) is 2.14.